The Kier molecular flexibility index (Phi) is 65.2. The van der Waals surface area contributed by atoms with Crippen molar-refractivity contribution in [1.29, 1.82) is 0 Å². The predicted molar refractivity (Wildman–Crippen MR) is 389 cm³/mol. The van der Waals surface area contributed by atoms with Crippen LogP contribution < -0.4 is 0 Å². The zero-order chi connectivity index (χ0) is 65.5. The van der Waals surface area contributed by atoms with Crippen molar-refractivity contribution in [1.82, 2.24) is 0 Å². The average Bonchev–Trinajstić information content (AvgIpc) is 3.58. The van der Waals surface area contributed by atoms with Gasteiger partial charge in [0, 0.05) is 12.8 Å². The molecule has 1 N–H and O–H groups in total. The minimum absolute atomic E-state index is 0.0224. The Balaban J connectivity index is 4.09. The van der Waals surface area contributed by atoms with Gasteiger partial charge in [0.2, 0.25) is 0 Å². The fourth-order valence-corrected chi connectivity index (χ4v) is 10.1. The van der Waals surface area contributed by atoms with E-state index in [2.05, 4.69) is 184 Å². The maximum absolute atomic E-state index is 12.9. The number of rotatable bonds is 64. The number of allylic oxidation sites excluding steroid dienone is 28. The van der Waals surface area contributed by atoms with Crippen LogP contribution in [0.5, 0.6) is 0 Å². The highest BCUT2D eigenvalue weighted by atomic mass is 31.2. The van der Waals surface area contributed by atoms with Gasteiger partial charge in [0.25, 0.3) is 0 Å². The van der Waals surface area contributed by atoms with E-state index in [1.807, 2.05) is 21.1 Å². The van der Waals surface area contributed by atoms with Crippen LogP contribution in [0.1, 0.15) is 271 Å². The van der Waals surface area contributed by atoms with Gasteiger partial charge in [0.1, 0.15) is 19.8 Å². The van der Waals surface area contributed by atoms with Gasteiger partial charge in [-0.25, -0.2) is 4.57 Å². The number of hydrogen-bond acceptors (Lipinski definition) is 7. The summed E-state index contributed by atoms with van der Waals surface area (Å²) >= 11 is 0. The summed E-state index contributed by atoms with van der Waals surface area (Å²) in [5, 5.41) is 0. The molecule has 0 aliphatic heterocycles. The molecule has 9 nitrogen and oxygen atoms in total. The summed E-state index contributed by atoms with van der Waals surface area (Å²) in [4.78, 5) is 35.9. The Bertz CT molecular complexity index is 2130. The Labute approximate surface area is 553 Å². The summed E-state index contributed by atoms with van der Waals surface area (Å²) in [6, 6.07) is 0. The van der Waals surface area contributed by atoms with E-state index >= 15 is 0 Å². The van der Waals surface area contributed by atoms with Crippen LogP contribution in [0.25, 0.3) is 0 Å². The molecule has 0 aliphatic rings. The highest BCUT2D eigenvalue weighted by molar-refractivity contribution is 7.47. The Morgan fingerprint density at radius 3 is 0.889 bits per heavy atom. The number of nitrogens with zero attached hydrogens (tertiary/aromatic N) is 1. The summed E-state index contributed by atoms with van der Waals surface area (Å²) < 4.78 is 34.7. The number of unbranched alkanes of at least 4 members (excludes halogenated alkanes) is 22. The van der Waals surface area contributed by atoms with Crippen molar-refractivity contribution in [3.8, 4) is 0 Å². The highest BCUT2D eigenvalue weighted by Crippen LogP contribution is 2.43. The van der Waals surface area contributed by atoms with Crippen molar-refractivity contribution < 1.29 is 42.1 Å². The van der Waals surface area contributed by atoms with Gasteiger partial charge in [0.05, 0.1) is 27.7 Å². The van der Waals surface area contributed by atoms with E-state index < -0.39 is 26.5 Å². The first-order valence-corrected chi connectivity index (χ1v) is 37.4. The number of carbonyl (C=O) groups is 2. The summed E-state index contributed by atoms with van der Waals surface area (Å²) in [5.41, 5.74) is 0. The second-order valence-electron chi connectivity index (χ2n) is 24.5. The topological polar surface area (TPSA) is 108 Å². The van der Waals surface area contributed by atoms with Crippen LogP contribution in [0.4, 0.5) is 0 Å². The van der Waals surface area contributed by atoms with E-state index in [1.165, 1.54) is 96.3 Å². The normalized spacial score (nSPS) is 14.2. The first kappa shape index (κ1) is 85.4. The van der Waals surface area contributed by atoms with E-state index in [0.717, 1.165) is 141 Å². The van der Waals surface area contributed by atoms with Crippen LogP contribution >= 0.6 is 7.82 Å². The van der Waals surface area contributed by atoms with Gasteiger partial charge in [-0.15, -0.1) is 0 Å². The van der Waals surface area contributed by atoms with Crippen LogP contribution in [0.2, 0.25) is 0 Å². The lowest BCUT2D eigenvalue weighted by molar-refractivity contribution is -0.870. The van der Waals surface area contributed by atoms with Gasteiger partial charge < -0.3 is 18.9 Å². The van der Waals surface area contributed by atoms with Gasteiger partial charge in [-0.1, -0.05) is 300 Å². The molecule has 0 bridgehead atoms. The number of likely N-dealkylation sites (N-methyl/N-ethyl adjacent to an activating group) is 1. The Hall–Kier alpha value is -4.63. The van der Waals surface area contributed by atoms with Gasteiger partial charge in [0.15, 0.2) is 6.10 Å². The third kappa shape index (κ3) is 72.4. The van der Waals surface area contributed by atoms with Gasteiger partial charge >= 0.3 is 19.8 Å². The number of carbonyl (C=O) groups excluding carboxylic acids is 2. The van der Waals surface area contributed by atoms with E-state index in [4.69, 9.17) is 18.5 Å². The highest BCUT2D eigenvalue weighted by Gasteiger charge is 2.27. The monoisotopic (exact) mass is 1270 g/mol. The summed E-state index contributed by atoms with van der Waals surface area (Å²) in [5.74, 6) is -0.813. The van der Waals surface area contributed by atoms with Crippen molar-refractivity contribution >= 4 is 19.8 Å². The predicted octanol–water partition coefficient (Wildman–Crippen LogP) is 23.7. The molecule has 0 saturated carbocycles. The molecule has 510 valence electrons. The van der Waals surface area contributed by atoms with Crippen molar-refractivity contribution in [2.45, 2.75) is 277 Å². The summed E-state index contributed by atoms with van der Waals surface area (Å²) in [6.45, 7) is 4.19. The summed E-state index contributed by atoms with van der Waals surface area (Å²) in [6.07, 6.45) is 105. The molecule has 2 atom stereocenters. The van der Waals surface area contributed by atoms with Crippen molar-refractivity contribution in [2.24, 2.45) is 0 Å². The SMILES string of the molecule is CC/C=C\C/C=C\C/C=C\C/C=C\C/C=C\C/C=C\C/C=C\C/C=C\CCCCCCCCCCCCCCCCC(=O)OC(COC(=O)CCCCCCCCCC/C=C\C/C=C\C/C=C\C/C=C\C/C=C\C/C=C\CC)COP(=O)(O)OCC[N+](C)(C)C. The standard InChI is InChI=1S/C80H132NO8P/c1-6-8-10-12-14-16-18-20-22-24-26-28-30-32-34-35-36-37-38-39-40-41-42-43-44-45-47-49-51-53-55-57-59-61-63-65-67-69-71-73-80(83)89-78(77-88-90(84,85)87-75-74-81(3,4)5)76-86-79(82)72-70-68-66-64-62-60-58-56-54-52-50-48-46-33-31-29-27-25-23-21-19-17-15-13-11-9-7-2/h8-11,14-17,20-23,26-29,32-34,36-37,39-40,42-43,46,50,52,78H,6-7,12-13,18-19,24-25,30-31,35,38,41,44-45,47-49,51,53-77H2,1-5H3/p+1/b10-8-,11-9-,16-14-,17-15-,22-20-,23-21-,28-26-,29-27-,34-32-,37-36-,40-39-,43-42-,46-33-,52-50-. The fraction of sp³-hybridized carbons (Fsp3) is 0.625. The smallest absolute Gasteiger partial charge is 0.462 e. The van der Waals surface area contributed by atoms with Gasteiger partial charge in [-0.3, -0.25) is 18.6 Å². The van der Waals surface area contributed by atoms with E-state index in [-0.39, 0.29) is 32.0 Å². The van der Waals surface area contributed by atoms with Crippen LogP contribution in [0.15, 0.2) is 170 Å². The molecular weight excluding hydrogens is 1130 g/mol. The van der Waals surface area contributed by atoms with Gasteiger partial charge in [-0.05, 0) is 128 Å². The molecule has 0 spiro atoms. The molecule has 10 heteroatoms. The number of quaternary nitrogens is 1. The zero-order valence-corrected chi connectivity index (χ0v) is 58.9. The van der Waals surface area contributed by atoms with Crippen LogP contribution in [0.3, 0.4) is 0 Å². The molecule has 90 heavy (non-hydrogen) atoms. The van der Waals surface area contributed by atoms with E-state index in [1.54, 1.807) is 0 Å². The maximum Gasteiger partial charge on any atom is 0.472 e. The maximum atomic E-state index is 12.9. The molecule has 0 aromatic rings. The third-order valence-electron chi connectivity index (χ3n) is 14.7. The molecule has 0 radical (unpaired) electrons. The molecule has 0 aromatic heterocycles. The number of ether oxygens (including phenoxy) is 2. The molecule has 0 heterocycles. The number of phosphoric acid groups is 1. The number of esters is 2. The third-order valence-corrected chi connectivity index (χ3v) is 15.7. The molecule has 0 amide bonds. The lowest BCUT2D eigenvalue weighted by atomic mass is 10.0. The quantitative estimate of drug-likeness (QED) is 0.0211. The minimum atomic E-state index is -4.41. The Morgan fingerprint density at radius 1 is 0.344 bits per heavy atom. The molecule has 0 aromatic carbocycles. The second-order valence-corrected chi connectivity index (χ2v) is 26.0. The zero-order valence-electron chi connectivity index (χ0n) is 58.1. The van der Waals surface area contributed by atoms with Crippen molar-refractivity contribution in [2.75, 3.05) is 47.5 Å². The molecule has 0 aliphatic carbocycles. The molecule has 0 fully saturated rings. The first-order chi connectivity index (χ1) is 44.0. The van der Waals surface area contributed by atoms with Crippen LogP contribution in [-0.2, 0) is 32.7 Å². The largest absolute Gasteiger partial charge is 0.472 e. The number of phosphoric ester groups is 1. The second kappa shape index (κ2) is 68.7. The fourth-order valence-electron chi connectivity index (χ4n) is 9.33. The molecule has 0 saturated heterocycles. The minimum Gasteiger partial charge on any atom is -0.462 e. The first-order valence-electron chi connectivity index (χ1n) is 35.9. The van der Waals surface area contributed by atoms with Crippen molar-refractivity contribution in [3.05, 3.63) is 170 Å². The summed E-state index contributed by atoms with van der Waals surface area (Å²) in [7, 11) is 1.46. The Morgan fingerprint density at radius 2 is 0.600 bits per heavy atom. The molecule has 0 rings (SSSR count). The molecular formula is C80H133NO8P+. The van der Waals surface area contributed by atoms with Crippen LogP contribution in [-0.4, -0.2) is 74.9 Å². The van der Waals surface area contributed by atoms with Crippen LogP contribution in [0, 0.1) is 0 Å². The van der Waals surface area contributed by atoms with E-state index in [9.17, 15) is 19.0 Å². The lowest BCUT2D eigenvalue weighted by Gasteiger charge is -2.24. The lowest BCUT2D eigenvalue weighted by Crippen LogP contribution is -2.37. The van der Waals surface area contributed by atoms with Crippen molar-refractivity contribution in [3.63, 3.8) is 0 Å². The van der Waals surface area contributed by atoms with Gasteiger partial charge in [-0.2, -0.15) is 0 Å². The average molecular weight is 1270 g/mol. The molecule has 2 unspecified atom stereocenters. The number of hydrogen-bond donors (Lipinski definition) is 1. The van der Waals surface area contributed by atoms with E-state index in [0.29, 0.717) is 17.4 Å².